The van der Waals surface area contributed by atoms with Crippen molar-refractivity contribution in [3.05, 3.63) is 46.8 Å². The fraction of sp³-hybridized carbons (Fsp3) is 0.400. The molecule has 3 aromatic rings. The standard InChI is InChI=1S/C20H26N4O/c1-6-14-13(3)22-18-11-9-8-10-15(18)19(14)21-12-16-17(7-2)23-24(4)20(16)25-5/h8-11H,6-7,12H2,1-5H3,(H,21,22). The number of rotatable bonds is 6. The van der Waals surface area contributed by atoms with Crippen molar-refractivity contribution in [1.82, 2.24) is 14.8 Å². The topological polar surface area (TPSA) is 52.0 Å². The Labute approximate surface area is 149 Å². The van der Waals surface area contributed by atoms with E-state index in [-0.39, 0.29) is 0 Å². The molecule has 0 amide bonds. The van der Waals surface area contributed by atoms with Gasteiger partial charge in [0, 0.05) is 30.4 Å². The normalized spacial score (nSPS) is 11.1. The van der Waals surface area contributed by atoms with Crippen molar-refractivity contribution in [2.45, 2.75) is 40.2 Å². The minimum atomic E-state index is 0.681. The molecule has 0 fully saturated rings. The minimum Gasteiger partial charge on any atom is -0.481 e. The number of pyridine rings is 1. The highest BCUT2D eigenvalue weighted by Gasteiger charge is 2.17. The Morgan fingerprint density at radius 2 is 1.88 bits per heavy atom. The Morgan fingerprint density at radius 3 is 2.56 bits per heavy atom. The Balaban J connectivity index is 2.05. The second-order valence-corrected chi connectivity index (χ2v) is 6.19. The number of hydrogen-bond acceptors (Lipinski definition) is 4. The van der Waals surface area contributed by atoms with Crippen LogP contribution in [0.2, 0.25) is 0 Å². The summed E-state index contributed by atoms with van der Waals surface area (Å²) in [4.78, 5) is 4.75. The van der Waals surface area contributed by atoms with Crippen LogP contribution in [0, 0.1) is 6.92 Å². The van der Waals surface area contributed by atoms with Gasteiger partial charge in [-0.05, 0) is 31.4 Å². The molecule has 132 valence electrons. The van der Waals surface area contributed by atoms with Gasteiger partial charge in [0.15, 0.2) is 0 Å². The molecule has 3 rings (SSSR count). The summed E-state index contributed by atoms with van der Waals surface area (Å²) in [6, 6.07) is 8.29. The zero-order valence-corrected chi connectivity index (χ0v) is 15.7. The number of fused-ring (bicyclic) bond motifs is 1. The van der Waals surface area contributed by atoms with Crippen molar-refractivity contribution in [2.24, 2.45) is 7.05 Å². The number of hydrogen-bond donors (Lipinski definition) is 1. The molecule has 0 saturated heterocycles. The maximum atomic E-state index is 5.56. The van der Waals surface area contributed by atoms with Crippen molar-refractivity contribution in [2.75, 3.05) is 12.4 Å². The summed E-state index contributed by atoms with van der Waals surface area (Å²) in [5, 5.41) is 9.39. The van der Waals surface area contributed by atoms with E-state index in [0.29, 0.717) is 6.54 Å². The second-order valence-electron chi connectivity index (χ2n) is 6.19. The number of anilines is 1. The van der Waals surface area contributed by atoms with Crippen LogP contribution in [0.25, 0.3) is 10.9 Å². The second kappa shape index (κ2) is 7.13. The number of ether oxygens (including phenoxy) is 1. The molecule has 1 N–H and O–H groups in total. The van der Waals surface area contributed by atoms with Gasteiger partial charge in [-0.1, -0.05) is 32.0 Å². The van der Waals surface area contributed by atoms with Crippen LogP contribution in [0.15, 0.2) is 24.3 Å². The molecule has 5 heteroatoms. The fourth-order valence-electron chi connectivity index (χ4n) is 3.51. The predicted molar refractivity (Wildman–Crippen MR) is 102 cm³/mol. The monoisotopic (exact) mass is 338 g/mol. The van der Waals surface area contributed by atoms with Gasteiger partial charge < -0.3 is 10.1 Å². The van der Waals surface area contributed by atoms with Gasteiger partial charge in [0.1, 0.15) is 0 Å². The smallest absolute Gasteiger partial charge is 0.216 e. The lowest BCUT2D eigenvalue weighted by atomic mass is 10.0. The summed E-state index contributed by atoms with van der Waals surface area (Å²) < 4.78 is 7.37. The molecule has 5 nitrogen and oxygen atoms in total. The molecule has 2 aromatic heterocycles. The van der Waals surface area contributed by atoms with Crippen LogP contribution in [0.4, 0.5) is 5.69 Å². The maximum absolute atomic E-state index is 5.56. The van der Waals surface area contributed by atoms with E-state index >= 15 is 0 Å². The average Bonchev–Trinajstić information content (AvgIpc) is 2.93. The van der Waals surface area contributed by atoms with E-state index in [2.05, 4.69) is 49.4 Å². The third-order valence-electron chi connectivity index (χ3n) is 4.69. The third kappa shape index (κ3) is 3.06. The summed E-state index contributed by atoms with van der Waals surface area (Å²) in [6.07, 6.45) is 1.82. The largest absolute Gasteiger partial charge is 0.481 e. The fourth-order valence-corrected chi connectivity index (χ4v) is 3.51. The molecule has 0 radical (unpaired) electrons. The Bertz CT molecular complexity index is 898. The van der Waals surface area contributed by atoms with Crippen LogP contribution in [-0.2, 0) is 26.4 Å². The van der Waals surface area contributed by atoms with Crippen molar-refractivity contribution < 1.29 is 4.74 Å². The van der Waals surface area contributed by atoms with E-state index in [0.717, 1.165) is 46.6 Å². The van der Waals surface area contributed by atoms with Crippen LogP contribution in [-0.4, -0.2) is 21.9 Å². The molecule has 0 spiro atoms. The van der Waals surface area contributed by atoms with Gasteiger partial charge in [-0.15, -0.1) is 0 Å². The summed E-state index contributed by atoms with van der Waals surface area (Å²) >= 11 is 0. The number of methoxy groups -OCH3 is 1. The Hall–Kier alpha value is -2.56. The first kappa shape index (κ1) is 17.3. The highest BCUT2D eigenvalue weighted by atomic mass is 16.5. The molecular formula is C20H26N4O. The molecular weight excluding hydrogens is 312 g/mol. The van der Waals surface area contributed by atoms with Gasteiger partial charge in [-0.25, -0.2) is 4.68 Å². The minimum absolute atomic E-state index is 0.681. The average molecular weight is 338 g/mol. The van der Waals surface area contributed by atoms with E-state index in [1.54, 1.807) is 7.11 Å². The molecule has 0 bridgehead atoms. The molecule has 0 aliphatic carbocycles. The Morgan fingerprint density at radius 1 is 1.12 bits per heavy atom. The zero-order valence-electron chi connectivity index (χ0n) is 15.7. The Kier molecular flexibility index (Phi) is 4.93. The van der Waals surface area contributed by atoms with Crippen molar-refractivity contribution in [3.63, 3.8) is 0 Å². The number of benzene rings is 1. The number of aryl methyl sites for hydroxylation is 3. The molecule has 0 unspecified atom stereocenters. The van der Waals surface area contributed by atoms with Crippen LogP contribution >= 0.6 is 0 Å². The summed E-state index contributed by atoms with van der Waals surface area (Å²) in [6.45, 7) is 7.06. The van der Waals surface area contributed by atoms with Crippen LogP contribution in [0.5, 0.6) is 5.88 Å². The first-order valence-electron chi connectivity index (χ1n) is 8.81. The molecule has 0 aliphatic heterocycles. The lowest BCUT2D eigenvalue weighted by Gasteiger charge is -2.16. The van der Waals surface area contributed by atoms with E-state index in [9.17, 15) is 0 Å². The van der Waals surface area contributed by atoms with Gasteiger partial charge in [-0.3, -0.25) is 4.98 Å². The van der Waals surface area contributed by atoms with E-state index in [4.69, 9.17) is 9.72 Å². The van der Waals surface area contributed by atoms with Gasteiger partial charge in [0.05, 0.1) is 23.9 Å². The lowest BCUT2D eigenvalue weighted by molar-refractivity contribution is 0.370. The van der Waals surface area contributed by atoms with Crippen molar-refractivity contribution >= 4 is 16.6 Å². The number of nitrogens with one attached hydrogen (secondary N) is 1. The van der Waals surface area contributed by atoms with E-state index in [1.165, 1.54) is 11.3 Å². The zero-order chi connectivity index (χ0) is 18.0. The molecule has 0 aliphatic rings. The van der Waals surface area contributed by atoms with Crippen molar-refractivity contribution in [3.8, 4) is 5.88 Å². The predicted octanol–water partition coefficient (Wildman–Crippen LogP) is 4.02. The third-order valence-corrected chi connectivity index (χ3v) is 4.69. The summed E-state index contributed by atoms with van der Waals surface area (Å²) in [7, 11) is 3.62. The highest BCUT2D eigenvalue weighted by molar-refractivity contribution is 5.93. The van der Waals surface area contributed by atoms with Gasteiger partial charge in [-0.2, -0.15) is 5.10 Å². The molecule has 0 saturated carbocycles. The molecule has 2 heterocycles. The van der Waals surface area contributed by atoms with Crippen LogP contribution in [0.1, 0.15) is 36.4 Å². The SMILES string of the molecule is CCc1nn(C)c(OC)c1CNc1c(CC)c(C)nc2ccccc12. The number of aromatic nitrogens is 3. The molecule has 1 aromatic carbocycles. The van der Waals surface area contributed by atoms with E-state index in [1.807, 2.05) is 17.8 Å². The molecule has 25 heavy (non-hydrogen) atoms. The first-order valence-corrected chi connectivity index (χ1v) is 8.81. The molecule has 0 atom stereocenters. The highest BCUT2D eigenvalue weighted by Crippen LogP contribution is 2.31. The number of nitrogens with zero attached hydrogens (tertiary/aromatic N) is 3. The van der Waals surface area contributed by atoms with Crippen LogP contribution < -0.4 is 10.1 Å². The van der Waals surface area contributed by atoms with Crippen LogP contribution in [0.3, 0.4) is 0 Å². The quantitative estimate of drug-likeness (QED) is 0.737. The van der Waals surface area contributed by atoms with Gasteiger partial charge >= 0.3 is 0 Å². The van der Waals surface area contributed by atoms with Gasteiger partial charge in [0.25, 0.3) is 0 Å². The maximum Gasteiger partial charge on any atom is 0.216 e. The van der Waals surface area contributed by atoms with E-state index < -0.39 is 0 Å². The number of para-hydroxylation sites is 1. The summed E-state index contributed by atoms with van der Waals surface area (Å²) in [5.41, 5.74) is 6.72. The lowest BCUT2D eigenvalue weighted by Crippen LogP contribution is -2.08. The summed E-state index contributed by atoms with van der Waals surface area (Å²) in [5.74, 6) is 0.817. The first-order chi connectivity index (χ1) is 12.1. The van der Waals surface area contributed by atoms with Gasteiger partial charge in [0.2, 0.25) is 5.88 Å². The van der Waals surface area contributed by atoms with Crippen molar-refractivity contribution in [1.29, 1.82) is 0 Å².